The molecule has 1 aromatic heterocycles. The molecule has 0 aliphatic rings. The zero-order valence-electron chi connectivity index (χ0n) is 18.6. The van der Waals surface area contributed by atoms with Crippen LogP contribution >= 0.6 is 0 Å². The lowest BCUT2D eigenvalue weighted by Gasteiger charge is -2.16. The first-order valence-electron chi connectivity index (χ1n) is 10.4. The third kappa shape index (κ3) is 6.19. The van der Waals surface area contributed by atoms with Gasteiger partial charge in [-0.3, -0.25) is 14.9 Å². The maximum atomic E-state index is 12.3. The van der Waals surface area contributed by atoms with Crippen molar-refractivity contribution in [1.82, 2.24) is 10.5 Å². The van der Waals surface area contributed by atoms with Gasteiger partial charge in [-0.25, -0.2) is 0 Å². The number of amides is 1. The average Bonchev–Trinajstić information content (AvgIpc) is 3.18. The molecule has 9 nitrogen and oxygen atoms in total. The van der Waals surface area contributed by atoms with Gasteiger partial charge >= 0.3 is 5.69 Å². The number of nitrogens with zero attached hydrogens (tertiary/aromatic N) is 2. The van der Waals surface area contributed by atoms with Gasteiger partial charge in [-0.15, -0.1) is 0 Å². The Bertz CT molecular complexity index is 1140. The minimum atomic E-state index is -0.530. The second-order valence-electron chi connectivity index (χ2n) is 7.20. The molecule has 0 saturated heterocycles. The fourth-order valence-corrected chi connectivity index (χ4v) is 3.15. The predicted octanol–water partition coefficient (Wildman–Crippen LogP) is 4.72. The monoisotopic (exact) mass is 451 g/mol. The number of aromatic nitrogens is 1. The van der Waals surface area contributed by atoms with E-state index in [0.717, 1.165) is 5.56 Å². The Labute approximate surface area is 191 Å². The normalized spacial score (nSPS) is 11.8. The molecule has 0 aliphatic heterocycles. The van der Waals surface area contributed by atoms with Crippen molar-refractivity contribution in [2.45, 2.75) is 26.8 Å². The first kappa shape index (κ1) is 23.5. The lowest BCUT2D eigenvalue weighted by molar-refractivity contribution is -0.386. The standard InChI is InChI=1S/C24H25N3O6/c1-4-31-22-14-18(11-13-21-24(27(29)30)17(3)26-33-21)10-12-20(22)32-15-23(28)25-16(2)19-8-6-5-7-9-19/h5-14,16H,4,15H2,1-3H3,(H,25,28). The molecule has 3 rings (SSSR count). The number of nitrogens with one attached hydrogen (secondary N) is 1. The molecule has 0 radical (unpaired) electrons. The third-order valence-corrected chi connectivity index (χ3v) is 4.77. The first-order chi connectivity index (χ1) is 15.9. The minimum Gasteiger partial charge on any atom is -0.490 e. The summed E-state index contributed by atoms with van der Waals surface area (Å²) in [4.78, 5) is 23.0. The summed E-state index contributed by atoms with van der Waals surface area (Å²) in [7, 11) is 0. The fourth-order valence-electron chi connectivity index (χ4n) is 3.15. The lowest BCUT2D eigenvalue weighted by atomic mass is 10.1. The van der Waals surface area contributed by atoms with Gasteiger partial charge in [-0.2, -0.15) is 0 Å². The summed E-state index contributed by atoms with van der Waals surface area (Å²) in [5.74, 6) is 0.663. The molecule has 9 heteroatoms. The van der Waals surface area contributed by atoms with E-state index in [1.807, 2.05) is 44.2 Å². The number of carbonyl (C=O) groups is 1. The molecular formula is C24H25N3O6. The van der Waals surface area contributed by atoms with Crippen molar-refractivity contribution in [3.63, 3.8) is 0 Å². The number of hydrogen-bond acceptors (Lipinski definition) is 7. The van der Waals surface area contributed by atoms with E-state index in [2.05, 4.69) is 10.5 Å². The highest BCUT2D eigenvalue weighted by atomic mass is 16.6. The summed E-state index contributed by atoms with van der Waals surface area (Å²) < 4.78 is 16.4. The van der Waals surface area contributed by atoms with Crippen molar-refractivity contribution < 1.29 is 23.7 Å². The summed E-state index contributed by atoms with van der Waals surface area (Å²) in [5, 5.41) is 17.7. The molecule has 33 heavy (non-hydrogen) atoms. The van der Waals surface area contributed by atoms with Crippen LogP contribution < -0.4 is 14.8 Å². The van der Waals surface area contributed by atoms with E-state index >= 15 is 0 Å². The number of benzene rings is 2. The Balaban J connectivity index is 1.67. The quantitative estimate of drug-likeness (QED) is 0.350. The van der Waals surface area contributed by atoms with Gasteiger partial charge in [-0.1, -0.05) is 47.6 Å². The number of aryl methyl sites for hydroxylation is 1. The van der Waals surface area contributed by atoms with Gasteiger partial charge in [0.05, 0.1) is 17.6 Å². The molecule has 1 amide bonds. The van der Waals surface area contributed by atoms with Crippen LogP contribution in [0.1, 0.15) is 42.5 Å². The van der Waals surface area contributed by atoms with E-state index in [4.69, 9.17) is 14.0 Å². The van der Waals surface area contributed by atoms with Gasteiger partial charge in [0.1, 0.15) is 0 Å². The molecule has 172 valence electrons. The van der Waals surface area contributed by atoms with Gasteiger partial charge in [0.15, 0.2) is 23.8 Å². The molecule has 1 atom stereocenters. The van der Waals surface area contributed by atoms with Crippen LogP contribution in [0.5, 0.6) is 11.5 Å². The summed E-state index contributed by atoms with van der Waals surface area (Å²) in [6, 6.07) is 14.6. The van der Waals surface area contributed by atoms with Crippen LogP contribution in [0.15, 0.2) is 53.1 Å². The van der Waals surface area contributed by atoms with Crippen LogP contribution in [0, 0.1) is 17.0 Å². The van der Waals surface area contributed by atoms with Crippen molar-refractivity contribution in [3.8, 4) is 11.5 Å². The Morgan fingerprint density at radius 2 is 1.94 bits per heavy atom. The zero-order chi connectivity index (χ0) is 23.8. The molecule has 0 bridgehead atoms. The Kier molecular flexibility index (Phi) is 7.80. The van der Waals surface area contributed by atoms with Crippen LogP contribution in [0.3, 0.4) is 0 Å². The molecule has 0 fully saturated rings. The van der Waals surface area contributed by atoms with E-state index in [0.29, 0.717) is 23.7 Å². The largest absolute Gasteiger partial charge is 0.490 e. The molecule has 1 N–H and O–H groups in total. The van der Waals surface area contributed by atoms with Crippen LogP contribution in [-0.4, -0.2) is 29.2 Å². The van der Waals surface area contributed by atoms with Gasteiger partial charge < -0.3 is 19.3 Å². The lowest BCUT2D eigenvalue weighted by Crippen LogP contribution is -2.31. The topological polar surface area (TPSA) is 117 Å². The van der Waals surface area contributed by atoms with E-state index in [9.17, 15) is 14.9 Å². The number of carbonyl (C=O) groups excluding carboxylic acids is 1. The molecule has 1 unspecified atom stereocenters. The highest BCUT2D eigenvalue weighted by Gasteiger charge is 2.22. The van der Waals surface area contributed by atoms with E-state index < -0.39 is 4.92 Å². The van der Waals surface area contributed by atoms with Crippen LogP contribution in [-0.2, 0) is 4.79 Å². The molecule has 2 aromatic carbocycles. The molecule has 0 saturated carbocycles. The van der Waals surface area contributed by atoms with Crippen molar-refractivity contribution in [3.05, 3.63) is 81.2 Å². The Morgan fingerprint density at radius 1 is 1.18 bits per heavy atom. The average molecular weight is 451 g/mol. The van der Waals surface area contributed by atoms with E-state index in [1.165, 1.54) is 13.0 Å². The molecule has 0 spiro atoms. The maximum absolute atomic E-state index is 12.3. The highest BCUT2D eigenvalue weighted by Crippen LogP contribution is 2.30. The highest BCUT2D eigenvalue weighted by molar-refractivity contribution is 5.78. The number of ether oxygens (including phenoxy) is 2. The number of hydrogen-bond donors (Lipinski definition) is 1. The van der Waals surface area contributed by atoms with Crippen molar-refractivity contribution >= 4 is 23.7 Å². The van der Waals surface area contributed by atoms with Gasteiger partial charge in [-0.05, 0) is 50.1 Å². The van der Waals surface area contributed by atoms with Gasteiger partial charge in [0.25, 0.3) is 5.91 Å². The molecule has 0 aliphatic carbocycles. The predicted molar refractivity (Wildman–Crippen MR) is 123 cm³/mol. The smallest absolute Gasteiger partial charge is 0.338 e. The summed E-state index contributed by atoms with van der Waals surface area (Å²) in [6.45, 7) is 5.47. The maximum Gasteiger partial charge on any atom is 0.338 e. The van der Waals surface area contributed by atoms with Crippen molar-refractivity contribution in [2.24, 2.45) is 0 Å². The van der Waals surface area contributed by atoms with Crippen LogP contribution in [0.2, 0.25) is 0 Å². The van der Waals surface area contributed by atoms with Gasteiger partial charge in [0, 0.05) is 0 Å². The second kappa shape index (κ2) is 10.9. The number of rotatable bonds is 10. The van der Waals surface area contributed by atoms with Crippen LogP contribution in [0.4, 0.5) is 5.69 Å². The fraction of sp³-hybridized carbons (Fsp3) is 0.250. The zero-order valence-corrected chi connectivity index (χ0v) is 18.6. The molecule has 3 aromatic rings. The minimum absolute atomic E-state index is 0.0555. The third-order valence-electron chi connectivity index (χ3n) is 4.77. The van der Waals surface area contributed by atoms with Crippen molar-refractivity contribution in [1.29, 1.82) is 0 Å². The van der Waals surface area contributed by atoms with E-state index in [1.54, 1.807) is 24.3 Å². The second-order valence-corrected chi connectivity index (χ2v) is 7.20. The first-order valence-corrected chi connectivity index (χ1v) is 10.4. The SMILES string of the molecule is CCOc1cc(C=Cc2onc(C)c2[N+](=O)[O-])ccc1OCC(=O)NC(C)c1ccccc1. The Hall–Kier alpha value is -4.14. The number of nitro groups is 1. The van der Waals surface area contributed by atoms with Crippen molar-refractivity contribution in [2.75, 3.05) is 13.2 Å². The summed E-state index contributed by atoms with van der Waals surface area (Å²) >= 11 is 0. The molecule has 1 heterocycles. The Morgan fingerprint density at radius 3 is 2.64 bits per heavy atom. The summed E-state index contributed by atoms with van der Waals surface area (Å²) in [5.41, 5.74) is 1.74. The van der Waals surface area contributed by atoms with Crippen LogP contribution in [0.25, 0.3) is 12.2 Å². The van der Waals surface area contributed by atoms with Gasteiger partial charge in [0.2, 0.25) is 5.76 Å². The summed E-state index contributed by atoms with van der Waals surface area (Å²) in [6.07, 6.45) is 3.12. The molecular weight excluding hydrogens is 426 g/mol. The van der Waals surface area contributed by atoms with E-state index in [-0.39, 0.29) is 35.7 Å².